The molecule has 1 aliphatic rings. The lowest BCUT2D eigenvalue weighted by Gasteiger charge is -2.14. The Morgan fingerprint density at radius 2 is 2.42 bits per heavy atom. The predicted molar refractivity (Wildman–Crippen MR) is 49.4 cm³/mol. The Kier molecular flexibility index (Phi) is 3.10. The predicted octanol–water partition coefficient (Wildman–Crippen LogP) is 2.87. The van der Waals surface area contributed by atoms with E-state index in [1.165, 1.54) is 0 Å². The van der Waals surface area contributed by atoms with Gasteiger partial charge in [-0.3, -0.25) is 0 Å². The fraction of sp³-hybridized carbons (Fsp3) is 0.455. The highest BCUT2D eigenvalue weighted by atomic mass is 19.1. The van der Waals surface area contributed by atoms with Gasteiger partial charge < -0.3 is 0 Å². The minimum absolute atomic E-state index is 0.0485. The molecule has 0 aromatic rings. The molecule has 64 valence electrons. The first-order chi connectivity index (χ1) is 5.74. The molecule has 0 aromatic heterocycles. The van der Waals surface area contributed by atoms with Crippen molar-refractivity contribution in [3.8, 4) is 11.8 Å². The summed E-state index contributed by atoms with van der Waals surface area (Å²) in [5, 5.41) is 0. The average molecular weight is 164 g/mol. The molecule has 0 saturated heterocycles. The molecule has 0 aliphatic heterocycles. The summed E-state index contributed by atoms with van der Waals surface area (Å²) in [5.74, 6) is 5.81. The number of hydrogen-bond donors (Lipinski definition) is 0. The van der Waals surface area contributed by atoms with Gasteiger partial charge in [-0.2, -0.15) is 0 Å². The maximum Gasteiger partial charge on any atom is 0.104 e. The van der Waals surface area contributed by atoms with Crippen molar-refractivity contribution in [3.63, 3.8) is 0 Å². The largest absolute Gasteiger partial charge is 0.247 e. The van der Waals surface area contributed by atoms with E-state index < -0.39 is 6.17 Å². The number of hydrogen-bond acceptors (Lipinski definition) is 0. The van der Waals surface area contributed by atoms with Crippen LogP contribution in [-0.2, 0) is 0 Å². The molecular weight excluding hydrogens is 151 g/mol. The fourth-order valence-corrected chi connectivity index (χ4v) is 1.21. The molecule has 12 heavy (non-hydrogen) atoms. The minimum Gasteiger partial charge on any atom is -0.247 e. The molecule has 0 amide bonds. The topological polar surface area (TPSA) is 0 Å². The van der Waals surface area contributed by atoms with E-state index in [1.54, 1.807) is 13.8 Å². The van der Waals surface area contributed by atoms with Crippen molar-refractivity contribution in [2.45, 2.75) is 26.4 Å². The molecule has 0 radical (unpaired) electrons. The van der Waals surface area contributed by atoms with Crippen LogP contribution in [0.2, 0.25) is 0 Å². The summed E-state index contributed by atoms with van der Waals surface area (Å²) in [7, 11) is 0. The Balaban J connectivity index is 2.59. The Morgan fingerprint density at radius 1 is 1.67 bits per heavy atom. The van der Waals surface area contributed by atoms with Gasteiger partial charge in [0.2, 0.25) is 0 Å². The highest BCUT2D eigenvalue weighted by molar-refractivity contribution is 5.40. The molecule has 2 atom stereocenters. The van der Waals surface area contributed by atoms with Gasteiger partial charge in [0.25, 0.3) is 0 Å². The van der Waals surface area contributed by atoms with Gasteiger partial charge in [0.15, 0.2) is 0 Å². The molecule has 0 heterocycles. The number of alkyl halides is 1. The lowest BCUT2D eigenvalue weighted by atomic mass is 9.94. The Hall–Kier alpha value is -1.03. The van der Waals surface area contributed by atoms with Crippen LogP contribution in [0.5, 0.6) is 0 Å². The average Bonchev–Trinajstić information content (AvgIpc) is 2.06. The van der Waals surface area contributed by atoms with Crippen LogP contribution >= 0.6 is 0 Å². The summed E-state index contributed by atoms with van der Waals surface area (Å²) in [6, 6.07) is 0. The second-order valence-corrected chi connectivity index (χ2v) is 2.97. The maximum absolute atomic E-state index is 12.8. The summed E-state index contributed by atoms with van der Waals surface area (Å²) < 4.78 is 12.8. The van der Waals surface area contributed by atoms with Crippen LogP contribution in [0.15, 0.2) is 23.8 Å². The SMILES string of the molecule is CC#CC1=CCC(C(C)F)C=C1. The minimum atomic E-state index is -0.756. The molecule has 0 bridgehead atoms. The van der Waals surface area contributed by atoms with Gasteiger partial charge >= 0.3 is 0 Å². The number of allylic oxidation sites excluding steroid dienone is 4. The Labute approximate surface area is 73.2 Å². The quantitative estimate of drug-likeness (QED) is 0.523. The van der Waals surface area contributed by atoms with Crippen LogP contribution < -0.4 is 0 Å². The molecule has 1 rings (SSSR count). The van der Waals surface area contributed by atoms with Crippen molar-refractivity contribution in [2.75, 3.05) is 0 Å². The normalized spacial score (nSPS) is 23.9. The Bertz CT molecular complexity index is 260. The zero-order chi connectivity index (χ0) is 8.97. The van der Waals surface area contributed by atoms with Gasteiger partial charge in [0.1, 0.15) is 6.17 Å². The van der Waals surface area contributed by atoms with Gasteiger partial charge in [-0.1, -0.05) is 24.1 Å². The van der Waals surface area contributed by atoms with Crippen molar-refractivity contribution in [1.82, 2.24) is 0 Å². The third-order valence-electron chi connectivity index (χ3n) is 1.99. The molecule has 0 nitrogen and oxygen atoms in total. The summed E-state index contributed by atoms with van der Waals surface area (Å²) in [6.07, 6.45) is 5.83. The van der Waals surface area contributed by atoms with Crippen LogP contribution in [0.4, 0.5) is 4.39 Å². The molecule has 2 unspecified atom stereocenters. The monoisotopic (exact) mass is 164 g/mol. The van der Waals surface area contributed by atoms with E-state index in [9.17, 15) is 4.39 Å². The second kappa shape index (κ2) is 4.11. The highest BCUT2D eigenvalue weighted by Crippen LogP contribution is 2.20. The molecule has 1 heteroatoms. The van der Waals surface area contributed by atoms with E-state index in [1.807, 2.05) is 18.2 Å². The third kappa shape index (κ3) is 2.23. The standard InChI is InChI=1S/C11H13F/c1-3-4-10-5-7-11(8-6-10)9(2)12/h5-7,9,11H,8H2,1-2H3. The van der Waals surface area contributed by atoms with Crippen LogP contribution in [0.3, 0.4) is 0 Å². The lowest BCUT2D eigenvalue weighted by Crippen LogP contribution is -2.10. The van der Waals surface area contributed by atoms with Gasteiger partial charge in [-0.15, -0.1) is 5.92 Å². The van der Waals surface area contributed by atoms with E-state index in [-0.39, 0.29) is 5.92 Å². The van der Waals surface area contributed by atoms with Crippen molar-refractivity contribution in [1.29, 1.82) is 0 Å². The molecule has 1 aliphatic carbocycles. The van der Waals surface area contributed by atoms with Crippen LogP contribution in [0.25, 0.3) is 0 Å². The van der Waals surface area contributed by atoms with Crippen LogP contribution in [0, 0.1) is 17.8 Å². The summed E-state index contributed by atoms with van der Waals surface area (Å²) in [6.45, 7) is 3.40. The highest BCUT2D eigenvalue weighted by Gasteiger charge is 2.14. The molecule has 0 fully saturated rings. The second-order valence-electron chi connectivity index (χ2n) is 2.97. The van der Waals surface area contributed by atoms with Crippen LogP contribution in [0.1, 0.15) is 20.3 Å². The van der Waals surface area contributed by atoms with E-state index in [2.05, 4.69) is 11.8 Å². The molecule has 0 aromatic carbocycles. The van der Waals surface area contributed by atoms with E-state index >= 15 is 0 Å². The van der Waals surface area contributed by atoms with Crippen molar-refractivity contribution < 1.29 is 4.39 Å². The van der Waals surface area contributed by atoms with Crippen molar-refractivity contribution in [2.24, 2.45) is 5.92 Å². The first-order valence-electron chi connectivity index (χ1n) is 4.19. The number of halogens is 1. The number of rotatable bonds is 1. The molecule has 0 saturated carbocycles. The van der Waals surface area contributed by atoms with Gasteiger partial charge in [0.05, 0.1) is 0 Å². The van der Waals surface area contributed by atoms with Gasteiger partial charge in [-0.25, -0.2) is 4.39 Å². The van der Waals surface area contributed by atoms with E-state index in [0.29, 0.717) is 0 Å². The molecule has 0 spiro atoms. The zero-order valence-corrected chi connectivity index (χ0v) is 7.47. The van der Waals surface area contributed by atoms with Crippen LogP contribution in [-0.4, -0.2) is 6.17 Å². The van der Waals surface area contributed by atoms with E-state index in [4.69, 9.17) is 0 Å². The van der Waals surface area contributed by atoms with Crippen molar-refractivity contribution >= 4 is 0 Å². The molecular formula is C11H13F. The smallest absolute Gasteiger partial charge is 0.104 e. The summed E-state index contributed by atoms with van der Waals surface area (Å²) in [5.41, 5.74) is 1.01. The third-order valence-corrected chi connectivity index (χ3v) is 1.99. The first kappa shape index (κ1) is 9.06. The summed E-state index contributed by atoms with van der Waals surface area (Å²) in [4.78, 5) is 0. The van der Waals surface area contributed by atoms with Crippen molar-refractivity contribution in [3.05, 3.63) is 23.8 Å². The zero-order valence-electron chi connectivity index (χ0n) is 7.47. The first-order valence-corrected chi connectivity index (χ1v) is 4.19. The maximum atomic E-state index is 12.8. The lowest BCUT2D eigenvalue weighted by molar-refractivity contribution is 0.286. The van der Waals surface area contributed by atoms with Gasteiger partial charge in [0, 0.05) is 11.5 Å². The Morgan fingerprint density at radius 3 is 2.83 bits per heavy atom. The fourth-order valence-electron chi connectivity index (χ4n) is 1.21. The molecule has 0 N–H and O–H groups in total. The van der Waals surface area contributed by atoms with Gasteiger partial charge in [-0.05, 0) is 20.3 Å². The van der Waals surface area contributed by atoms with E-state index in [0.717, 1.165) is 12.0 Å². The summed E-state index contributed by atoms with van der Waals surface area (Å²) >= 11 is 0.